The molecule has 0 spiro atoms. The molecule has 0 fully saturated rings. The van der Waals surface area contributed by atoms with Crippen LogP contribution in [-0.2, 0) is 4.74 Å². The van der Waals surface area contributed by atoms with Crippen molar-refractivity contribution in [2.24, 2.45) is 0 Å². The Balaban J connectivity index is 2.39. The van der Waals surface area contributed by atoms with Gasteiger partial charge in [0.1, 0.15) is 0 Å². The summed E-state index contributed by atoms with van der Waals surface area (Å²) in [7, 11) is 1.13. The minimum absolute atomic E-state index is 0.115. The van der Waals surface area contributed by atoms with Crippen molar-refractivity contribution in [1.82, 2.24) is 5.32 Å². The summed E-state index contributed by atoms with van der Waals surface area (Å²) in [5, 5.41) is 16.3. The van der Waals surface area contributed by atoms with E-state index in [1.165, 1.54) is 18.2 Å². The maximum Gasteiger partial charge on any atom is 0.338 e. The van der Waals surface area contributed by atoms with E-state index in [1.807, 2.05) is 0 Å². The van der Waals surface area contributed by atoms with Gasteiger partial charge in [-0.1, -0.05) is 12.1 Å². The average Bonchev–Trinajstić information content (AvgIpc) is 2.67. The van der Waals surface area contributed by atoms with Crippen LogP contribution in [0.25, 0.3) is 0 Å². The molecule has 0 aliphatic rings. The first kappa shape index (κ1) is 19.6. The molecule has 2 aromatic carbocycles. The van der Waals surface area contributed by atoms with Gasteiger partial charge in [-0.2, -0.15) is 0 Å². The Kier molecular flexibility index (Phi) is 6.21. The van der Waals surface area contributed by atoms with Crippen LogP contribution in [0.1, 0.15) is 38.0 Å². The SMILES string of the molecule is CCNC(=O)c1ccccc1NC(=O)c1cc(C(=O)OC)cc([N+](=O)[O-])c1. The highest BCUT2D eigenvalue weighted by molar-refractivity contribution is 6.10. The van der Waals surface area contributed by atoms with E-state index < -0.39 is 22.5 Å². The zero-order valence-electron chi connectivity index (χ0n) is 14.6. The predicted octanol–water partition coefficient (Wildman–Crippen LogP) is 2.38. The number of methoxy groups -OCH3 is 1. The molecule has 0 atom stereocenters. The third kappa shape index (κ3) is 4.66. The molecule has 0 aliphatic carbocycles. The van der Waals surface area contributed by atoms with Crippen molar-refractivity contribution in [2.75, 3.05) is 19.0 Å². The van der Waals surface area contributed by atoms with E-state index in [2.05, 4.69) is 15.4 Å². The molecule has 2 aromatic rings. The molecule has 140 valence electrons. The average molecular weight is 371 g/mol. The Morgan fingerprint density at radius 1 is 1.07 bits per heavy atom. The number of para-hydroxylation sites is 1. The van der Waals surface area contributed by atoms with Crippen LogP contribution >= 0.6 is 0 Å². The molecule has 0 bridgehead atoms. The first-order valence-electron chi connectivity index (χ1n) is 7.93. The molecule has 9 heteroatoms. The fourth-order valence-corrected chi connectivity index (χ4v) is 2.32. The van der Waals surface area contributed by atoms with Gasteiger partial charge in [0.15, 0.2) is 0 Å². The lowest BCUT2D eigenvalue weighted by molar-refractivity contribution is -0.384. The quantitative estimate of drug-likeness (QED) is 0.456. The number of nitrogens with one attached hydrogen (secondary N) is 2. The smallest absolute Gasteiger partial charge is 0.338 e. The van der Waals surface area contributed by atoms with Crippen LogP contribution in [0.2, 0.25) is 0 Å². The Hall–Kier alpha value is -3.75. The number of carbonyl (C=O) groups excluding carboxylic acids is 3. The second kappa shape index (κ2) is 8.56. The molecule has 0 aliphatic heterocycles. The van der Waals surface area contributed by atoms with E-state index in [0.717, 1.165) is 19.2 Å². The van der Waals surface area contributed by atoms with Gasteiger partial charge in [-0.15, -0.1) is 0 Å². The van der Waals surface area contributed by atoms with Gasteiger partial charge in [-0.25, -0.2) is 4.79 Å². The first-order valence-corrected chi connectivity index (χ1v) is 7.93. The molecule has 0 aromatic heterocycles. The van der Waals surface area contributed by atoms with Crippen LogP contribution < -0.4 is 10.6 Å². The molecule has 2 rings (SSSR count). The standard InChI is InChI=1S/C18H17N3O6/c1-3-19-17(23)14-6-4-5-7-15(14)20-16(22)11-8-12(18(24)27-2)10-13(9-11)21(25)26/h4-10H,3H2,1-2H3,(H,19,23)(H,20,22). The lowest BCUT2D eigenvalue weighted by atomic mass is 10.1. The largest absolute Gasteiger partial charge is 0.465 e. The van der Waals surface area contributed by atoms with Crippen molar-refractivity contribution in [2.45, 2.75) is 6.92 Å². The highest BCUT2D eigenvalue weighted by Crippen LogP contribution is 2.21. The van der Waals surface area contributed by atoms with Crippen molar-refractivity contribution in [1.29, 1.82) is 0 Å². The molecule has 0 heterocycles. The van der Waals surface area contributed by atoms with Gasteiger partial charge >= 0.3 is 5.97 Å². The van der Waals surface area contributed by atoms with Crippen LogP contribution in [-0.4, -0.2) is 36.4 Å². The van der Waals surface area contributed by atoms with Crippen LogP contribution in [0.5, 0.6) is 0 Å². The number of anilines is 1. The number of ether oxygens (including phenoxy) is 1. The van der Waals surface area contributed by atoms with E-state index in [-0.39, 0.29) is 28.3 Å². The Bertz CT molecular complexity index is 910. The summed E-state index contributed by atoms with van der Waals surface area (Å²) in [6.45, 7) is 2.17. The van der Waals surface area contributed by atoms with E-state index in [9.17, 15) is 24.5 Å². The number of amides is 2. The molecule has 0 saturated heterocycles. The summed E-state index contributed by atoms with van der Waals surface area (Å²) in [6.07, 6.45) is 0. The predicted molar refractivity (Wildman–Crippen MR) is 96.8 cm³/mol. The van der Waals surface area contributed by atoms with Crippen LogP contribution in [0, 0.1) is 10.1 Å². The van der Waals surface area contributed by atoms with E-state index in [1.54, 1.807) is 19.1 Å². The van der Waals surface area contributed by atoms with Gasteiger partial charge in [0.2, 0.25) is 0 Å². The van der Waals surface area contributed by atoms with Gasteiger partial charge in [0.25, 0.3) is 17.5 Å². The number of nitrogens with zero attached hydrogens (tertiary/aromatic N) is 1. The zero-order chi connectivity index (χ0) is 20.0. The normalized spacial score (nSPS) is 10.0. The molecular formula is C18H17N3O6. The molecule has 27 heavy (non-hydrogen) atoms. The van der Waals surface area contributed by atoms with Crippen molar-refractivity contribution < 1.29 is 24.0 Å². The lowest BCUT2D eigenvalue weighted by Crippen LogP contribution is -2.24. The van der Waals surface area contributed by atoms with Crippen molar-refractivity contribution in [3.05, 3.63) is 69.3 Å². The van der Waals surface area contributed by atoms with Crippen molar-refractivity contribution in [3.63, 3.8) is 0 Å². The topological polar surface area (TPSA) is 128 Å². The van der Waals surface area contributed by atoms with Crippen LogP contribution in [0.4, 0.5) is 11.4 Å². The number of nitro groups is 1. The highest BCUT2D eigenvalue weighted by Gasteiger charge is 2.20. The van der Waals surface area contributed by atoms with Crippen LogP contribution in [0.15, 0.2) is 42.5 Å². The van der Waals surface area contributed by atoms with Gasteiger partial charge in [-0.05, 0) is 25.1 Å². The lowest BCUT2D eigenvalue weighted by Gasteiger charge is -2.11. The van der Waals surface area contributed by atoms with E-state index >= 15 is 0 Å². The minimum atomic E-state index is -0.810. The summed E-state index contributed by atoms with van der Waals surface area (Å²) in [6, 6.07) is 9.58. The summed E-state index contributed by atoms with van der Waals surface area (Å²) in [5.74, 6) is -1.89. The fourth-order valence-electron chi connectivity index (χ4n) is 2.32. The number of hydrogen-bond acceptors (Lipinski definition) is 6. The van der Waals surface area contributed by atoms with Crippen LogP contribution in [0.3, 0.4) is 0 Å². The maximum absolute atomic E-state index is 12.6. The fraction of sp³-hybridized carbons (Fsp3) is 0.167. The number of hydrogen-bond donors (Lipinski definition) is 2. The van der Waals surface area contributed by atoms with Crippen molar-refractivity contribution in [3.8, 4) is 0 Å². The van der Waals surface area contributed by atoms with Gasteiger partial charge in [0.05, 0.1) is 28.8 Å². The number of carbonyl (C=O) groups is 3. The number of nitro benzene ring substituents is 1. The summed E-state index contributed by atoms with van der Waals surface area (Å²) < 4.78 is 4.56. The Morgan fingerprint density at radius 3 is 2.37 bits per heavy atom. The highest BCUT2D eigenvalue weighted by atomic mass is 16.6. The molecule has 2 amide bonds. The Morgan fingerprint density at radius 2 is 1.74 bits per heavy atom. The molecular weight excluding hydrogens is 354 g/mol. The third-order valence-corrected chi connectivity index (χ3v) is 3.57. The van der Waals surface area contributed by atoms with Gasteiger partial charge in [0, 0.05) is 24.2 Å². The molecule has 0 unspecified atom stereocenters. The number of non-ortho nitro benzene ring substituents is 1. The summed E-state index contributed by atoms with van der Waals surface area (Å²) >= 11 is 0. The van der Waals surface area contributed by atoms with E-state index in [4.69, 9.17) is 0 Å². The molecule has 9 nitrogen and oxygen atoms in total. The molecule has 2 N–H and O–H groups in total. The minimum Gasteiger partial charge on any atom is -0.465 e. The number of esters is 1. The third-order valence-electron chi connectivity index (χ3n) is 3.57. The first-order chi connectivity index (χ1) is 12.9. The summed E-state index contributed by atoms with van der Waals surface area (Å²) in [4.78, 5) is 46.7. The monoisotopic (exact) mass is 371 g/mol. The zero-order valence-corrected chi connectivity index (χ0v) is 14.6. The van der Waals surface area contributed by atoms with E-state index in [0.29, 0.717) is 6.54 Å². The second-order valence-electron chi connectivity index (χ2n) is 5.38. The molecule has 0 saturated carbocycles. The van der Waals surface area contributed by atoms with Gasteiger partial charge in [-0.3, -0.25) is 19.7 Å². The van der Waals surface area contributed by atoms with Gasteiger partial charge < -0.3 is 15.4 Å². The Labute approximate surface area is 154 Å². The van der Waals surface area contributed by atoms with Crippen molar-refractivity contribution >= 4 is 29.2 Å². The molecule has 0 radical (unpaired) electrons. The number of rotatable bonds is 6. The maximum atomic E-state index is 12.6. The number of benzene rings is 2. The second-order valence-corrected chi connectivity index (χ2v) is 5.38. The summed E-state index contributed by atoms with van der Waals surface area (Å²) in [5.41, 5.74) is -0.199.